The quantitative estimate of drug-likeness (QED) is 0.778. The van der Waals surface area contributed by atoms with Crippen LogP contribution in [0, 0.1) is 0 Å². The van der Waals surface area contributed by atoms with Gasteiger partial charge in [0.15, 0.2) is 0 Å². The summed E-state index contributed by atoms with van der Waals surface area (Å²) in [6, 6.07) is 12.8. The highest BCUT2D eigenvalue weighted by molar-refractivity contribution is 5.75. The van der Waals surface area contributed by atoms with Gasteiger partial charge in [-0.15, -0.1) is 0 Å². The van der Waals surface area contributed by atoms with E-state index >= 15 is 0 Å². The van der Waals surface area contributed by atoms with Crippen LogP contribution >= 0.6 is 0 Å². The topological polar surface area (TPSA) is 70.6 Å². The summed E-state index contributed by atoms with van der Waals surface area (Å²) in [7, 11) is 0. The van der Waals surface area contributed by atoms with E-state index in [0.29, 0.717) is 12.0 Å². The molecule has 7 heteroatoms. The highest BCUT2D eigenvalue weighted by atomic mass is 19.3. The largest absolute Gasteiger partial charge is 0.434 e. The molecule has 1 aliphatic rings. The summed E-state index contributed by atoms with van der Waals surface area (Å²) in [6.45, 7) is -2.90. The van der Waals surface area contributed by atoms with Crippen LogP contribution < -0.4 is 15.4 Å². The summed E-state index contributed by atoms with van der Waals surface area (Å²) in [4.78, 5) is 12.1. The van der Waals surface area contributed by atoms with Gasteiger partial charge in [-0.25, -0.2) is 4.79 Å². The Morgan fingerprint density at radius 1 is 1.20 bits per heavy atom. The van der Waals surface area contributed by atoms with E-state index in [1.807, 2.05) is 24.3 Å². The molecule has 0 heterocycles. The Hall–Kier alpha value is -2.67. The van der Waals surface area contributed by atoms with E-state index in [1.165, 1.54) is 6.07 Å². The molecule has 0 aliphatic heterocycles. The number of hydrogen-bond acceptors (Lipinski definition) is 3. The number of halogens is 2. The normalized spacial score (nSPS) is 18.7. The van der Waals surface area contributed by atoms with Gasteiger partial charge in [-0.05, 0) is 17.2 Å². The molecule has 0 bridgehead atoms. The van der Waals surface area contributed by atoms with Crippen LogP contribution in [0.2, 0.25) is 0 Å². The van der Waals surface area contributed by atoms with Crippen molar-refractivity contribution in [3.8, 4) is 5.75 Å². The van der Waals surface area contributed by atoms with E-state index in [9.17, 15) is 18.7 Å². The number of urea groups is 1. The third kappa shape index (κ3) is 4.06. The van der Waals surface area contributed by atoms with E-state index in [2.05, 4.69) is 15.4 Å². The summed E-state index contributed by atoms with van der Waals surface area (Å²) in [6.07, 6.45) is -0.218. The molecule has 3 N–H and O–H groups in total. The highest BCUT2D eigenvalue weighted by Gasteiger charge is 2.31. The van der Waals surface area contributed by atoms with Crippen LogP contribution in [-0.2, 0) is 13.0 Å². The lowest BCUT2D eigenvalue weighted by Gasteiger charge is -2.19. The maximum absolute atomic E-state index is 12.4. The number of carbonyl (C=O) groups is 1. The smallest absolute Gasteiger partial charge is 0.387 e. The third-order valence-electron chi connectivity index (χ3n) is 4.12. The zero-order valence-corrected chi connectivity index (χ0v) is 13.3. The van der Waals surface area contributed by atoms with Gasteiger partial charge in [-0.3, -0.25) is 0 Å². The second-order valence-electron chi connectivity index (χ2n) is 5.76. The highest BCUT2D eigenvalue weighted by Crippen LogP contribution is 2.31. The summed E-state index contributed by atoms with van der Waals surface area (Å²) in [5, 5.41) is 15.5. The number of ether oxygens (including phenoxy) is 1. The van der Waals surface area contributed by atoms with Crippen LogP contribution in [0.4, 0.5) is 13.6 Å². The number of nitrogens with one attached hydrogen (secondary N) is 2. The van der Waals surface area contributed by atoms with E-state index in [1.54, 1.807) is 18.2 Å². The molecule has 5 nitrogen and oxygen atoms in total. The first-order valence-corrected chi connectivity index (χ1v) is 7.87. The van der Waals surface area contributed by atoms with E-state index in [4.69, 9.17) is 0 Å². The fraction of sp³-hybridized carbons (Fsp3) is 0.278. The zero-order valence-electron chi connectivity index (χ0n) is 13.3. The molecule has 0 fully saturated rings. The predicted molar refractivity (Wildman–Crippen MR) is 87.3 cm³/mol. The van der Waals surface area contributed by atoms with Crippen LogP contribution in [0.1, 0.15) is 22.7 Å². The number of alkyl halides is 2. The molecular formula is C18H18F2N2O3. The molecule has 3 rings (SSSR count). The first-order valence-electron chi connectivity index (χ1n) is 7.87. The van der Waals surface area contributed by atoms with Gasteiger partial charge < -0.3 is 20.5 Å². The van der Waals surface area contributed by atoms with Crippen molar-refractivity contribution in [2.24, 2.45) is 0 Å². The Morgan fingerprint density at radius 2 is 1.92 bits per heavy atom. The molecule has 0 radical (unpaired) electrons. The number of aliphatic hydroxyl groups is 1. The van der Waals surface area contributed by atoms with Crippen molar-refractivity contribution in [2.75, 3.05) is 0 Å². The molecule has 2 aromatic rings. The Balaban J connectivity index is 1.61. The standard InChI is InChI=1S/C18H18F2N2O3/c19-17(20)25-15-8-4-2-6-12(15)10-21-18(24)22-16-13-7-3-1-5-11(13)9-14(16)23/h1-8,14,16-17,23H,9-10H2,(H2,21,22,24). The molecule has 2 amide bonds. The van der Waals surface area contributed by atoms with Crippen LogP contribution in [0.25, 0.3) is 0 Å². The maximum Gasteiger partial charge on any atom is 0.387 e. The summed E-state index contributed by atoms with van der Waals surface area (Å²) < 4.78 is 29.2. The minimum atomic E-state index is -2.93. The van der Waals surface area contributed by atoms with Gasteiger partial charge >= 0.3 is 12.6 Å². The molecule has 2 unspecified atom stereocenters. The van der Waals surface area contributed by atoms with Gasteiger partial charge in [0.2, 0.25) is 0 Å². The zero-order chi connectivity index (χ0) is 17.8. The Bertz CT molecular complexity index is 755. The van der Waals surface area contributed by atoms with Gasteiger partial charge in [-0.2, -0.15) is 8.78 Å². The molecule has 25 heavy (non-hydrogen) atoms. The molecule has 0 saturated carbocycles. The van der Waals surface area contributed by atoms with E-state index < -0.39 is 24.8 Å². The molecule has 0 saturated heterocycles. The fourth-order valence-corrected chi connectivity index (χ4v) is 2.98. The monoisotopic (exact) mass is 348 g/mol. The number of para-hydroxylation sites is 1. The Labute approximate surface area is 143 Å². The lowest BCUT2D eigenvalue weighted by atomic mass is 10.1. The van der Waals surface area contributed by atoms with Crippen molar-refractivity contribution >= 4 is 6.03 Å². The summed E-state index contributed by atoms with van der Waals surface area (Å²) in [5.41, 5.74) is 2.31. The SMILES string of the molecule is O=C(NCc1ccccc1OC(F)F)NC1c2ccccc2CC1O. The van der Waals surface area contributed by atoms with Crippen LogP contribution in [0.15, 0.2) is 48.5 Å². The lowest BCUT2D eigenvalue weighted by molar-refractivity contribution is -0.0504. The molecular weight excluding hydrogens is 330 g/mol. The van der Waals surface area contributed by atoms with Gasteiger partial charge in [0.25, 0.3) is 0 Å². The number of carbonyl (C=O) groups excluding carboxylic acids is 1. The number of fused-ring (bicyclic) bond motifs is 1. The molecule has 0 aromatic heterocycles. The second kappa shape index (κ2) is 7.48. The second-order valence-corrected chi connectivity index (χ2v) is 5.76. The third-order valence-corrected chi connectivity index (χ3v) is 4.12. The number of rotatable bonds is 5. The average Bonchev–Trinajstić information content (AvgIpc) is 2.89. The first kappa shape index (κ1) is 17.2. The Morgan fingerprint density at radius 3 is 2.72 bits per heavy atom. The summed E-state index contributed by atoms with van der Waals surface area (Å²) >= 11 is 0. The fourth-order valence-electron chi connectivity index (χ4n) is 2.98. The molecule has 2 aromatic carbocycles. The van der Waals surface area contributed by atoms with Gasteiger partial charge in [-0.1, -0.05) is 42.5 Å². The minimum Gasteiger partial charge on any atom is -0.434 e. The van der Waals surface area contributed by atoms with Crippen molar-refractivity contribution in [3.05, 3.63) is 65.2 Å². The molecule has 1 aliphatic carbocycles. The molecule has 132 valence electrons. The van der Waals surface area contributed by atoms with E-state index in [0.717, 1.165) is 11.1 Å². The van der Waals surface area contributed by atoms with Crippen molar-refractivity contribution < 1.29 is 23.4 Å². The Kier molecular flexibility index (Phi) is 5.14. The van der Waals surface area contributed by atoms with Crippen LogP contribution in [0.3, 0.4) is 0 Å². The van der Waals surface area contributed by atoms with Gasteiger partial charge in [0.05, 0.1) is 12.1 Å². The van der Waals surface area contributed by atoms with Gasteiger partial charge in [0, 0.05) is 18.5 Å². The average molecular weight is 348 g/mol. The van der Waals surface area contributed by atoms with Crippen LogP contribution in [-0.4, -0.2) is 23.9 Å². The van der Waals surface area contributed by atoms with Crippen LogP contribution in [0.5, 0.6) is 5.75 Å². The van der Waals surface area contributed by atoms with Crippen molar-refractivity contribution in [2.45, 2.75) is 31.7 Å². The van der Waals surface area contributed by atoms with Crippen molar-refractivity contribution in [1.82, 2.24) is 10.6 Å². The number of aliphatic hydroxyl groups excluding tert-OH is 1. The molecule has 0 spiro atoms. The molecule has 2 atom stereocenters. The maximum atomic E-state index is 12.4. The number of hydrogen-bond donors (Lipinski definition) is 3. The number of benzene rings is 2. The van der Waals surface area contributed by atoms with Crippen molar-refractivity contribution in [3.63, 3.8) is 0 Å². The van der Waals surface area contributed by atoms with Gasteiger partial charge in [0.1, 0.15) is 5.75 Å². The first-order chi connectivity index (χ1) is 12.0. The van der Waals surface area contributed by atoms with E-state index in [-0.39, 0.29) is 12.3 Å². The predicted octanol–water partition coefficient (Wildman–Crippen LogP) is 2.75. The minimum absolute atomic E-state index is 0.0176. The number of amides is 2. The summed E-state index contributed by atoms with van der Waals surface area (Å²) in [5.74, 6) is 0.0176. The lowest BCUT2D eigenvalue weighted by Crippen LogP contribution is -2.40. The van der Waals surface area contributed by atoms with Crippen molar-refractivity contribution in [1.29, 1.82) is 0 Å².